The van der Waals surface area contributed by atoms with E-state index < -0.39 is 102 Å². The molecule has 4 heterocycles. The predicted octanol–water partition coefficient (Wildman–Crippen LogP) is -1.11. The van der Waals surface area contributed by atoms with E-state index >= 15 is 0 Å². The molecule has 20 heteroatoms. The topological polar surface area (TPSA) is 253 Å². The molecule has 1 aromatic heterocycles. The van der Waals surface area contributed by atoms with E-state index in [1.165, 1.54) is 42.5 Å². The zero-order valence-corrected chi connectivity index (χ0v) is 36.2. The molecule has 20 nitrogen and oxygen atoms in total. The van der Waals surface area contributed by atoms with Gasteiger partial charge in [-0.15, -0.1) is 0 Å². The minimum atomic E-state index is -1.35. The van der Waals surface area contributed by atoms with Crippen LogP contribution in [0.1, 0.15) is 81.9 Å². The van der Waals surface area contributed by atoms with Crippen molar-refractivity contribution in [3.8, 4) is 0 Å². The number of hydrogen-bond donors (Lipinski definition) is 5. The molecule has 5 rings (SSSR count). The Hall–Kier alpha value is -6.31. The Morgan fingerprint density at radius 1 is 0.935 bits per heavy atom. The van der Waals surface area contributed by atoms with Gasteiger partial charge in [-0.05, 0) is 30.2 Å². The second-order valence-electron chi connectivity index (χ2n) is 17.1. The second kappa shape index (κ2) is 19.6. The first-order valence-electron chi connectivity index (χ1n) is 20.7. The van der Waals surface area contributed by atoms with Crippen molar-refractivity contribution in [1.82, 2.24) is 56.2 Å². The van der Waals surface area contributed by atoms with Gasteiger partial charge in [0, 0.05) is 46.5 Å². The molecule has 0 saturated carbocycles. The van der Waals surface area contributed by atoms with Gasteiger partial charge in [0.1, 0.15) is 29.5 Å². The molecular formula is C42H57N11O9. The molecule has 0 aliphatic carbocycles. The number of benzene rings is 1. The van der Waals surface area contributed by atoms with Gasteiger partial charge in [-0.25, -0.2) is 4.98 Å². The number of nitrogens with one attached hydrogen (secondary N) is 5. The quantitative estimate of drug-likeness (QED) is 0.126. The molecule has 0 bridgehead atoms. The molecule has 6 atom stereocenters. The Bertz CT molecular complexity index is 2040. The van der Waals surface area contributed by atoms with Crippen LogP contribution in [0.2, 0.25) is 0 Å². The van der Waals surface area contributed by atoms with E-state index in [9.17, 15) is 43.2 Å². The number of nitrogens with zero attached hydrogens (tertiary/aromatic N) is 6. The number of likely N-dealkylation sites (N-methyl/N-ethyl adjacent to an activating group) is 2. The zero-order valence-electron chi connectivity index (χ0n) is 36.2. The summed E-state index contributed by atoms with van der Waals surface area (Å²) in [7, 11) is 4.71. The minimum absolute atomic E-state index is 0.0106. The van der Waals surface area contributed by atoms with Gasteiger partial charge in [-0.1, -0.05) is 64.4 Å². The van der Waals surface area contributed by atoms with Gasteiger partial charge in [0.05, 0.1) is 37.9 Å². The molecule has 3 aliphatic rings. The Balaban J connectivity index is 1.33. The number of carbonyl (C=O) groups excluding carboxylic acids is 9. The first-order valence-corrected chi connectivity index (χ1v) is 20.7. The Morgan fingerprint density at radius 2 is 1.61 bits per heavy atom. The SMILES string of the molecule is CCCC(NC(=O)[C@@H]1CC2(CN1C(=O)[C@@H](NC(=O)CNC(=O)c1cnccn1)C(C)(C)C)N(C)C(=O)[C@@H]1CCCN12)C(=O)C(=O)NCC(=O)NC(C(=O)N(C)C)c1ccccc1. The van der Waals surface area contributed by atoms with E-state index in [-0.39, 0.29) is 31.0 Å². The maximum Gasteiger partial charge on any atom is 0.290 e. The fourth-order valence-electron chi connectivity index (χ4n) is 8.26. The largest absolute Gasteiger partial charge is 0.347 e. The van der Waals surface area contributed by atoms with Gasteiger partial charge < -0.3 is 41.3 Å². The number of aromatic nitrogens is 2. The summed E-state index contributed by atoms with van der Waals surface area (Å²) in [5, 5.41) is 12.8. The number of ketones is 1. The summed E-state index contributed by atoms with van der Waals surface area (Å²) in [6.45, 7) is 6.26. The fourth-order valence-corrected chi connectivity index (χ4v) is 8.26. The third-order valence-corrected chi connectivity index (χ3v) is 11.5. The van der Waals surface area contributed by atoms with Crippen LogP contribution in [0.25, 0.3) is 0 Å². The third kappa shape index (κ3) is 10.2. The molecule has 3 saturated heterocycles. The van der Waals surface area contributed by atoms with Crippen LogP contribution in [0.15, 0.2) is 48.9 Å². The predicted molar refractivity (Wildman–Crippen MR) is 222 cm³/mol. The van der Waals surface area contributed by atoms with Gasteiger partial charge >= 0.3 is 0 Å². The van der Waals surface area contributed by atoms with E-state index in [1.54, 1.807) is 70.0 Å². The minimum Gasteiger partial charge on any atom is -0.347 e. The smallest absolute Gasteiger partial charge is 0.290 e. The lowest BCUT2D eigenvalue weighted by molar-refractivity contribution is -0.145. The van der Waals surface area contributed by atoms with Crippen LogP contribution in [0, 0.1) is 5.41 Å². The van der Waals surface area contributed by atoms with E-state index in [1.807, 2.05) is 4.90 Å². The highest BCUT2D eigenvalue weighted by Crippen LogP contribution is 2.45. The molecule has 3 unspecified atom stereocenters. The van der Waals surface area contributed by atoms with Crippen LogP contribution >= 0.6 is 0 Å². The highest BCUT2D eigenvalue weighted by Gasteiger charge is 2.63. The van der Waals surface area contributed by atoms with Crippen molar-refractivity contribution in [3.05, 3.63) is 60.2 Å². The first-order chi connectivity index (χ1) is 29.3. The van der Waals surface area contributed by atoms with Crippen LogP contribution in [-0.4, -0.2) is 160 Å². The number of likely N-dealkylation sites (tertiary alicyclic amines) is 1. The van der Waals surface area contributed by atoms with Crippen molar-refractivity contribution in [3.63, 3.8) is 0 Å². The molecule has 1 spiro atoms. The van der Waals surface area contributed by atoms with Gasteiger partial charge in [-0.2, -0.15) is 0 Å². The number of amides is 8. The van der Waals surface area contributed by atoms with Gasteiger partial charge in [-0.3, -0.25) is 53.0 Å². The molecule has 8 amide bonds. The Labute approximate surface area is 360 Å². The number of carbonyl (C=O) groups is 9. The van der Waals surface area contributed by atoms with Gasteiger partial charge in [0.15, 0.2) is 0 Å². The fraction of sp³-hybridized carbons (Fsp3) is 0.548. The number of Topliss-reactive ketones (excluding diaryl/α,β-unsaturated/α-hetero) is 1. The average Bonchev–Trinajstić information content (AvgIpc) is 3.95. The summed E-state index contributed by atoms with van der Waals surface area (Å²) in [6.07, 6.45) is 5.69. The summed E-state index contributed by atoms with van der Waals surface area (Å²) < 4.78 is 0. The molecule has 3 fully saturated rings. The summed E-state index contributed by atoms with van der Waals surface area (Å²) in [4.78, 5) is 136. The molecule has 2 aromatic rings. The summed E-state index contributed by atoms with van der Waals surface area (Å²) in [6, 6.07) is 3.22. The van der Waals surface area contributed by atoms with Crippen LogP contribution in [0.4, 0.5) is 0 Å². The molecular weight excluding hydrogens is 803 g/mol. The maximum atomic E-state index is 14.8. The average molecular weight is 860 g/mol. The molecule has 3 aliphatic heterocycles. The maximum absolute atomic E-state index is 14.8. The van der Waals surface area contributed by atoms with E-state index in [4.69, 9.17) is 0 Å². The number of hydrogen-bond acceptors (Lipinski definition) is 12. The highest BCUT2D eigenvalue weighted by atomic mass is 16.2. The lowest BCUT2D eigenvalue weighted by Gasteiger charge is -2.39. The summed E-state index contributed by atoms with van der Waals surface area (Å²) in [5.74, 6) is -6.18. The summed E-state index contributed by atoms with van der Waals surface area (Å²) in [5.41, 5.74) is -1.49. The molecule has 62 heavy (non-hydrogen) atoms. The Kier molecular flexibility index (Phi) is 14.8. The van der Waals surface area contributed by atoms with Crippen molar-refractivity contribution in [2.24, 2.45) is 5.41 Å². The number of rotatable bonds is 16. The standard InChI is InChI=1S/C42H57N11O9/c1-8-13-26(33(56)37(59)46-22-30(54)48-32(39(61)50(5)6)25-14-10-9-11-15-25)47-36(58)29-20-42(51(7)38(60)28-16-12-19-53(28)42)24-52(29)40(62)34(41(2,3)4)49-31(55)23-45-35(57)27-21-43-17-18-44-27/h9-11,14-15,17-18,21,26,28-29,32,34H,8,12-13,16,19-20,22-24H2,1-7H3,(H,45,57)(H,46,59)(H,47,58)(H,48,54)(H,49,55)/t26?,28-,29-,32?,34+,42?/m0/s1. The zero-order chi connectivity index (χ0) is 45.5. The lowest BCUT2D eigenvalue weighted by Crippen LogP contribution is -2.60. The monoisotopic (exact) mass is 859 g/mol. The summed E-state index contributed by atoms with van der Waals surface area (Å²) >= 11 is 0. The van der Waals surface area contributed by atoms with Crippen molar-refractivity contribution in [2.75, 3.05) is 47.3 Å². The molecule has 334 valence electrons. The third-order valence-electron chi connectivity index (χ3n) is 11.5. The van der Waals surface area contributed by atoms with E-state index in [0.29, 0.717) is 24.9 Å². The lowest BCUT2D eigenvalue weighted by atomic mass is 9.85. The normalized spacial score (nSPS) is 21.0. The van der Waals surface area contributed by atoms with Gasteiger partial charge in [0.2, 0.25) is 41.2 Å². The van der Waals surface area contributed by atoms with Crippen LogP contribution in [0.5, 0.6) is 0 Å². The highest BCUT2D eigenvalue weighted by molar-refractivity contribution is 6.38. The van der Waals surface area contributed by atoms with E-state index in [2.05, 4.69) is 36.6 Å². The molecule has 0 radical (unpaired) electrons. The van der Waals surface area contributed by atoms with Crippen molar-refractivity contribution < 1.29 is 43.2 Å². The van der Waals surface area contributed by atoms with Crippen molar-refractivity contribution >= 4 is 53.0 Å². The Morgan fingerprint density at radius 3 is 2.24 bits per heavy atom. The first kappa shape index (κ1) is 46.8. The second-order valence-corrected chi connectivity index (χ2v) is 17.1. The molecule has 5 N–H and O–H groups in total. The van der Waals surface area contributed by atoms with Gasteiger partial charge in [0.25, 0.3) is 11.8 Å². The van der Waals surface area contributed by atoms with Crippen LogP contribution < -0.4 is 26.6 Å². The van der Waals surface area contributed by atoms with Crippen LogP contribution in [0.3, 0.4) is 0 Å². The van der Waals surface area contributed by atoms with E-state index in [0.717, 1.165) is 6.42 Å². The number of fused-ring (bicyclic) bond motifs is 2. The van der Waals surface area contributed by atoms with Crippen LogP contribution in [-0.2, 0) is 38.4 Å². The molecule has 1 aromatic carbocycles. The van der Waals surface area contributed by atoms with Crippen molar-refractivity contribution in [2.45, 2.75) is 95.7 Å². The van der Waals surface area contributed by atoms with Crippen molar-refractivity contribution in [1.29, 1.82) is 0 Å².